The molecular weight excluding hydrogens is 358 g/mol. The smallest absolute Gasteiger partial charge is 0.240 e. The maximum Gasteiger partial charge on any atom is 0.240 e. The number of fused-ring (bicyclic) bond motifs is 1. The number of rotatable bonds is 6. The molecule has 0 spiro atoms. The minimum Gasteiger partial charge on any atom is -0.268 e. The van der Waals surface area contributed by atoms with Crippen molar-refractivity contribution in [3.63, 3.8) is 0 Å². The van der Waals surface area contributed by atoms with E-state index < -0.39 is 10.0 Å². The minimum absolute atomic E-state index is 0.229. The molecule has 0 aliphatic rings. The van der Waals surface area contributed by atoms with Gasteiger partial charge in [0, 0.05) is 18.9 Å². The summed E-state index contributed by atoms with van der Waals surface area (Å²) >= 11 is 0. The molecule has 4 rings (SSSR count). The molecule has 0 aliphatic heterocycles. The van der Waals surface area contributed by atoms with Gasteiger partial charge < -0.3 is 0 Å². The van der Waals surface area contributed by atoms with Crippen molar-refractivity contribution in [2.45, 2.75) is 18.0 Å². The van der Waals surface area contributed by atoms with Gasteiger partial charge in [-0.3, -0.25) is 4.68 Å². The lowest BCUT2D eigenvalue weighted by atomic mass is 10.1. The highest BCUT2D eigenvalue weighted by atomic mass is 32.2. The molecule has 1 aromatic heterocycles. The van der Waals surface area contributed by atoms with Crippen LogP contribution < -0.4 is 4.72 Å². The Labute approximate surface area is 158 Å². The molecule has 0 atom stereocenters. The summed E-state index contributed by atoms with van der Waals surface area (Å²) < 4.78 is 30.0. The van der Waals surface area contributed by atoms with Gasteiger partial charge in [-0.2, -0.15) is 5.10 Å². The van der Waals surface area contributed by atoms with Gasteiger partial charge in [0.15, 0.2) is 0 Å². The van der Waals surface area contributed by atoms with E-state index in [0.29, 0.717) is 6.54 Å². The first kappa shape index (κ1) is 17.5. The second-order valence-electron chi connectivity index (χ2n) is 6.31. The zero-order chi connectivity index (χ0) is 18.7. The van der Waals surface area contributed by atoms with Gasteiger partial charge in [-0.25, -0.2) is 13.1 Å². The van der Waals surface area contributed by atoms with E-state index in [1.165, 1.54) is 0 Å². The van der Waals surface area contributed by atoms with Crippen LogP contribution in [0, 0.1) is 0 Å². The molecule has 0 unspecified atom stereocenters. The lowest BCUT2D eigenvalue weighted by Gasteiger charge is -2.12. The average molecular weight is 377 g/mol. The number of benzene rings is 3. The van der Waals surface area contributed by atoms with Crippen molar-refractivity contribution in [3.8, 4) is 0 Å². The Bertz CT molecular complexity index is 1170. The maximum absolute atomic E-state index is 12.7. The molecule has 0 saturated carbocycles. The molecule has 0 fully saturated rings. The van der Waals surface area contributed by atoms with Crippen molar-refractivity contribution in [2.24, 2.45) is 0 Å². The van der Waals surface area contributed by atoms with Crippen LogP contribution in [0.25, 0.3) is 10.8 Å². The summed E-state index contributed by atoms with van der Waals surface area (Å²) in [5.74, 6) is 0. The molecule has 5 nitrogen and oxygen atoms in total. The quantitative estimate of drug-likeness (QED) is 0.559. The second-order valence-corrected chi connectivity index (χ2v) is 8.07. The zero-order valence-electron chi connectivity index (χ0n) is 14.6. The summed E-state index contributed by atoms with van der Waals surface area (Å²) in [7, 11) is -3.60. The second kappa shape index (κ2) is 7.34. The van der Waals surface area contributed by atoms with Crippen LogP contribution in [0.4, 0.5) is 0 Å². The van der Waals surface area contributed by atoms with E-state index in [4.69, 9.17) is 0 Å². The normalized spacial score (nSPS) is 11.7. The van der Waals surface area contributed by atoms with Crippen molar-refractivity contribution in [1.29, 1.82) is 0 Å². The molecule has 0 radical (unpaired) electrons. The van der Waals surface area contributed by atoms with E-state index in [9.17, 15) is 8.42 Å². The predicted molar refractivity (Wildman–Crippen MR) is 106 cm³/mol. The summed E-state index contributed by atoms with van der Waals surface area (Å²) in [5, 5.41) is 6.13. The Morgan fingerprint density at radius 1 is 0.852 bits per heavy atom. The van der Waals surface area contributed by atoms with Gasteiger partial charge in [-0.05, 0) is 40.1 Å². The predicted octanol–water partition coefficient (Wildman–Crippen LogP) is 3.56. The van der Waals surface area contributed by atoms with Crippen molar-refractivity contribution >= 4 is 20.8 Å². The van der Waals surface area contributed by atoms with Crippen LogP contribution >= 0.6 is 0 Å². The molecule has 136 valence electrons. The van der Waals surface area contributed by atoms with Crippen LogP contribution in [0.2, 0.25) is 0 Å². The van der Waals surface area contributed by atoms with E-state index >= 15 is 0 Å². The number of hydrogen-bond acceptors (Lipinski definition) is 3. The van der Waals surface area contributed by atoms with Gasteiger partial charge in [0.2, 0.25) is 10.0 Å². The fourth-order valence-electron chi connectivity index (χ4n) is 3.04. The topological polar surface area (TPSA) is 64.0 Å². The van der Waals surface area contributed by atoms with E-state index in [-0.39, 0.29) is 11.4 Å². The maximum atomic E-state index is 12.7. The van der Waals surface area contributed by atoms with Crippen molar-refractivity contribution in [3.05, 3.63) is 96.3 Å². The molecule has 3 aromatic carbocycles. The zero-order valence-corrected chi connectivity index (χ0v) is 15.4. The highest BCUT2D eigenvalue weighted by Gasteiger charge is 2.15. The number of nitrogens with one attached hydrogen (secondary N) is 1. The molecule has 4 aromatic rings. The Hall–Kier alpha value is -2.96. The summed E-state index contributed by atoms with van der Waals surface area (Å²) in [4.78, 5) is 0.269. The van der Waals surface area contributed by atoms with Gasteiger partial charge in [-0.15, -0.1) is 0 Å². The van der Waals surface area contributed by atoms with Crippen molar-refractivity contribution < 1.29 is 8.42 Å². The van der Waals surface area contributed by atoms with Gasteiger partial charge in [0.05, 0.1) is 11.4 Å². The molecule has 6 heteroatoms. The lowest BCUT2D eigenvalue weighted by molar-refractivity contribution is 0.580. The van der Waals surface area contributed by atoms with E-state index in [1.54, 1.807) is 18.3 Å². The molecule has 0 aliphatic carbocycles. The van der Waals surface area contributed by atoms with Crippen molar-refractivity contribution in [2.75, 3.05) is 0 Å². The van der Waals surface area contributed by atoms with Crippen LogP contribution in [0.5, 0.6) is 0 Å². The van der Waals surface area contributed by atoms with E-state index in [1.807, 2.05) is 71.5 Å². The fraction of sp³-hybridized carbons (Fsp3) is 0.0952. The standard InChI is InChI=1S/C21H19N3O2S/c25-27(26,21-11-10-17-6-1-2-7-18(17)14-21)23-15-19-8-3-4-9-20(19)16-24-13-5-12-22-24/h1-14,23H,15-16H2. The summed E-state index contributed by atoms with van der Waals surface area (Å²) in [6.45, 7) is 0.827. The van der Waals surface area contributed by atoms with Gasteiger partial charge in [0.1, 0.15) is 0 Å². The lowest BCUT2D eigenvalue weighted by Crippen LogP contribution is -2.24. The Kier molecular flexibility index (Phi) is 4.75. The summed E-state index contributed by atoms with van der Waals surface area (Å²) in [6.07, 6.45) is 3.61. The molecular formula is C21H19N3O2S. The van der Waals surface area contributed by atoms with Crippen LogP contribution in [0.15, 0.2) is 90.1 Å². The van der Waals surface area contributed by atoms with Crippen molar-refractivity contribution in [1.82, 2.24) is 14.5 Å². The van der Waals surface area contributed by atoms with Crippen LogP contribution in [0.1, 0.15) is 11.1 Å². The Morgan fingerprint density at radius 3 is 2.37 bits per heavy atom. The highest BCUT2D eigenvalue weighted by molar-refractivity contribution is 7.89. The van der Waals surface area contributed by atoms with E-state index in [2.05, 4.69) is 9.82 Å². The third kappa shape index (κ3) is 3.92. The Balaban J connectivity index is 1.55. The Morgan fingerprint density at radius 2 is 1.59 bits per heavy atom. The third-order valence-electron chi connectivity index (χ3n) is 4.49. The van der Waals surface area contributed by atoms with Crippen LogP contribution in [-0.2, 0) is 23.1 Å². The molecule has 0 bridgehead atoms. The number of hydrogen-bond donors (Lipinski definition) is 1. The molecule has 27 heavy (non-hydrogen) atoms. The monoisotopic (exact) mass is 377 g/mol. The van der Waals surface area contributed by atoms with Crippen LogP contribution in [0.3, 0.4) is 0 Å². The van der Waals surface area contributed by atoms with Gasteiger partial charge in [-0.1, -0.05) is 54.6 Å². The number of aromatic nitrogens is 2. The summed E-state index contributed by atoms with van der Waals surface area (Å²) in [5.41, 5.74) is 1.96. The molecule has 1 heterocycles. The SMILES string of the molecule is O=S(=O)(NCc1ccccc1Cn1cccn1)c1ccc2ccccc2c1. The average Bonchev–Trinajstić information content (AvgIpc) is 3.20. The first-order valence-electron chi connectivity index (χ1n) is 8.64. The summed E-state index contributed by atoms with van der Waals surface area (Å²) in [6, 6.07) is 22.5. The minimum atomic E-state index is -3.60. The molecule has 0 amide bonds. The van der Waals surface area contributed by atoms with Gasteiger partial charge in [0.25, 0.3) is 0 Å². The molecule has 0 saturated heterocycles. The first-order valence-corrected chi connectivity index (χ1v) is 10.1. The van der Waals surface area contributed by atoms with Crippen LogP contribution in [-0.4, -0.2) is 18.2 Å². The largest absolute Gasteiger partial charge is 0.268 e. The number of sulfonamides is 1. The van der Waals surface area contributed by atoms with Gasteiger partial charge >= 0.3 is 0 Å². The third-order valence-corrected chi connectivity index (χ3v) is 5.89. The molecule has 1 N–H and O–H groups in total. The highest BCUT2D eigenvalue weighted by Crippen LogP contribution is 2.19. The first-order chi connectivity index (χ1) is 13.1. The van der Waals surface area contributed by atoms with E-state index in [0.717, 1.165) is 21.9 Å². The number of nitrogens with zero attached hydrogens (tertiary/aromatic N) is 2. The fourth-order valence-corrected chi connectivity index (χ4v) is 4.08.